The van der Waals surface area contributed by atoms with Crippen molar-refractivity contribution in [2.75, 3.05) is 6.54 Å². The summed E-state index contributed by atoms with van der Waals surface area (Å²) < 4.78 is 8.02. The third-order valence-electron chi connectivity index (χ3n) is 5.85. The summed E-state index contributed by atoms with van der Waals surface area (Å²) in [5.74, 6) is -1.16. The van der Waals surface area contributed by atoms with E-state index in [-0.39, 0.29) is 4.91 Å². The van der Waals surface area contributed by atoms with Gasteiger partial charge in [0, 0.05) is 28.2 Å². The minimum atomic E-state index is -1.25. The maximum Gasteiger partial charge on any atom is 0.323 e. The number of amides is 2. The van der Waals surface area contributed by atoms with Gasteiger partial charge in [-0.2, -0.15) is 0 Å². The van der Waals surface area contributed by atoms with Gasteiger partial charge in [-0.25, -0.2) is 0 Å². The molecule has 37 heavy (non-hydrogen) atoms. The first-order valence-corrected chi connectivity index (χ1v) is 12.6. The molecule has 7 nitrogen and oxygen atoms in total. The zero-order chi connectivity index (χ0) is 25.9. The summed E-state index contributed by atoms with van der Waals surface area (Å²) in [4.78, 5) is 37.0. The Morgan fingerprint density at radius 3 is 2.46 bits per heavy atom. The quantitative estimate of drug-likeness (QED) is 0.278. The van der Waals surface area contributed by atoms with Crippen molar-refractivity contribution in [1.29, 1.82) is 0 Å². The lowest BCUT2D eigenvalue weighted by Gasteiger charge is -2.11. The average molecular weight is 533 g/mol. The van der Waals surface area contributed by atoms with E-state index in [1.807, 2.05) is 83.4 Å². The Labute approximate surface area is 221 Å². The fourth-order valence-corrected chi connectivity index (χ4v) is 5.02. The third kappa shape index (κ3) is 5.55. The van der Waals surface area contributed by atoms with Crippen LogP contribution < -0.4 is 4.74 Å². The number of hydrogen-bond donors (Lipinski definition) is 1. The molecule has 0 saturated carbocycles. The van der Waals surface area contributed by atoms with Gasteiger partial charge in [-0.15, -0.1) is 0 Å². The molecule has 0 bridgehead atoms. The number of carboxylic acid groups (broad SMARTS) is 1. The summed E-state index contributed by atoms with van der Waals surface area (Å²) >= 11 is 6.79. The molecule has 0 unspecified atom stereocenters. The number of aromatic nitrogens is 1. The second kappa shape index (κ2) is 10.5. The lowest BCUT2D eigenvalue weighted by molar-refractivity contribution is -0.140. The second-order valence-corrected chi connectivity index (χ2v) is 9.87. The number of benzene rings is 3. The van der Waals surface area contributed by atoms with Gasteiger partial charge in [-0.05, 0) is 65.4 Å². The van der Waals surface area contributed by atoms with Gasteiger partial charge in [0.15, 0.2) is 0 Å². The van der Waals surface area contributed by atoms with Crippen molar-refractivity contribution >= 4 is 57.5 Å². The SMILES string of the molecule is O=C(O)CN1C(=O)SC(=Cc2cc3cc(OCc4ccccc4)ccc3n2Cc2ccc(Cl)cc2)C1=O. The van der Waals surface area contributed by atoms with Gasteiger partial charge in [-0.1, -0.05) is 54.1 Å². The summed E-state index contributed by atoms with van der Waals surface area (Å²) in [5, 5.41) is 9.98. The van der Waals surface area contributed by atoms with Crippen LogP contribution in [0.15, 0.2) is 83.8 Å². The fraction of sp³-hybridized carbons (Fsp3) is 0.107. The monoisotopic (exact) mass is 532 g/mol. The van der Waals surface area contributed by atoms with Crippen molar-refractivity contribution in [2.45, 2.75) is 13.2 Å². The smallest absolute Gasteiger partial charge is 0.323 e. The molecule has 186 valence electrons. The number of ether oxygens (including phenoxy) is 1. The third-order valence-corrected chi connectivity index (χ3v) is 7.01. The number of carbonyl (C=O) groups excluding carboxylic acids is 2. The van der Waals surface area contributed by atoms with Crippen molar-refractivity contribution in [1.82, 2.24) is 9.47 Å². The molecule has 0 spiro atoms. The number of imide groups is 1. The highest BCUT2D eigenvalue weighted by Gasteiger charge is 2.36. The minimum absolute atomic E-state index is 0.173. The van der Waals surface area contributed by atoms with Gasteiger partial charge in [0.05, 0.1) is 4.91 Å². The molecule has 0 atom stereocenters. The van der Waals surface area contributed by atoms with Crippen LogP contribution in [0.4, 0.5) is 4.79 Å². The van der Waals surface area contributed by atoms with Gasteiger partial charge in [0.2, 0.25) is 0 Å². The van der Waals surface area contributed by atoms with E-state index in [0.717, 1.165) is 38.7 Å². The lowest BCUT2D eigenvalue weighted by atomic mass is 10.2. The Morgan fingerprint density at radius 2 is 1.73 bits per heavy atom. The fourth-order valence-electron chi connectivity index (χ4n) is 4.08. The van der Waals surface area contributed by atoms with Crippen LogP contribution in [0.25, 0.3) is 17.0 Å². The molecule has 1 fully saturated rings. The Kier molecular flexibility index (Phi) is 7.03. The summed E-state index contributed by atoms with van der Waals surface area (Å²) in [7, 11) is 0. The number of carboxylic acids is 1. The van der Waals surface area contributed by atoms with Crippen LogP contribution in [-0.2, 0) is 22.7 Å². The second-order valence-electron chi connectivity index (χ2n) is 8.44. The van der Waals surface area contributed by atoms with E-state index in [2.05, 4.69) is 0 Å². The number of hydrogen-bond acceptors (Lipinski definition) is 5. The van der Waals surface area contributed by atoms with Crippen LogP contribution in [-0.4, -0.2) is 38.2 Å². The lowest BCUT2D eigenvalue weighted by Crippen LogP contribution is -2.33. The first-order valence-electron chi connectivity index (χ1n) is 11.4. The maximum absolute atomic E-state index is 12.8. The van der Waals surface area contributed by atoms with Crippen LogP contribution >= 0.6 is 23.4 Å². The van der Waals surface area contributed by atoms with Crippen LogP contribution in [0, 0.1) is 0 Å². The van der Waals surface area contributed by atoms with E-state index in [4.69, 9.17) is 21.4 Å². The summed E-state index contributed by atoms with van der Waals surface area (Å²) in [6.07, 6.45) is 1.63. The Morgan fingerprint density at radius 1 is 0.973 bits per heavy atom. The maximum atomic E-state index is 12.8. The number of fused-ring (bicyclic) bond motifs is 1. The Balaban J connectivity index is 1.50. The number of thioether (sulfide) groups is 1. The largest absolute Gasteiger partial charge is 0.489 e. The van der Waals surface area contributed by atoms with Gasteiger partial charge in [-0.3, -0.25) is 19.3 Å². The standard InChI is InChI=1S/C28H21ClN2O5S/c29-21-8-6-18(7-9-21)15-30-22(14-25-27(34)31(16-26(32)33)28(35)37-25)12-20-13-23(10-11-24(20)30)36-17-19-4-2-1-3-5-19/h1-14H,15-17H2,(H,32,33). The number of halogens is 1. The molecule has 2 heterocycles. The molecule has 2 amide bonds. The van der Waals surface area contributed by atoms with E-state index in [9.17, 15) is 14.4 Å². The zero-order valence-electron chi connectivity index (χ0n) is 19.5. The predicted octanol–water partition coefficient (Wildman–Crippen LogP) is 6.04. The van der Waals surface area contributed by atoms with Crippen LogP contribution in [0.2, 0.25) is 5.02 Å². The normalized spacial score (nSPS) is 14.6. The molecule has 1 saturated heterocycles. The number of nitrogens with zero attached hydrogens (tertiary/aromatic N) is 2. The predicted molar refractivity (Wildman–Crippen MR) is 144 cm³/mol. The van der Waals surface area contributed by atoms with Crippen molar-refractivity contribution in [3.63, 3.8) is 0 Å². The van der Waals surface area contributed by atoms with Crippen molar-refractivity contribution in [2.24, 2.45) is 0 Å². The molecule has 3 aromatic carbocycles. The van der Waals surface area contributed by atoms with Crippen molar-refractivity contribution < 1.29 is 24.2 Å². The average Bonchev–Trinajstić information content (AvgIpc) is 3.35. The highest BCUT2D eigenvalue weighted by Crippen LogP contribution is 2.34. The van der Waals surface area contributed by atoms with E-state index >= 15 is 0 Å². The van der Waals surface area contributed by atoms with Crippen LogP contribution in [0.5, 0.6) is 5.75 Å². The number of carbonyl (C=O) groups is 3. The first-order chi connectivity index (χ1) is 17.9. The molecule has 9 heteroatoms. The summed E-state index contributed by atoms with van der Waals surface area (Å²) in [6, 6.07) is 25.1. The van der Waals surface area contributed by atoms with Crippen molar-refractivity contribution in [3.05, 3.63) is 106 Å². The van der Waals surface area contributed by atoms with E-state index < -0.39 is 23.7 Å². The highest BCUT2D eigenvalue weighted by molar-refractivity contribution is 8.18. The van der Waals surface area contributed by atoms with Gasteiger partial charge >= 0.3 is 5.97 Å². The molecule has 4 aromatic rings. The van der Waals surface area contributed by atoms with Crippen LogP contribution in [0.1, 0.15) is 16.8 Å². The summed E-state index contributed by atoms with van der Waals surface area (Å²) in [5.41, 5.74) is 3.67. The van der Waals surface area contributed by atoms with Gasteiger partial charge in [0.1, 0.15) is 18.9 Å². The molecule has 0 radical (unpaired) electrons. The van der Waals surface area contributed by atoms with Crippen LogP contribution in [0.3, 0.4) is 0 Å². The van der Waals surface area contributed by atoms with E-state index in [1.165, 1.54) is 0 Å². The Bertz CT molecular complexity index is 1530. The number of rotatable bonds is 8. The molecular weight excluding hydrogens is 512 g/mol. The van der Waals surface area contributed by atoms with E-state index in [1.54, 1.807) is 6.08 Å². The Hall–Kier alpha value is -4.01. The summed E-state index contributed by atoms with van der Waals surface area (Å²) in [6.45, 7) is 0.259. The van der Waals surface area contributed by atoms with Gasteiger partial charge in [0.25, 0.3) is 11.1 Å². The molecule has 1 aromatic heterocycles. The van der Waals surface area contributed by atoms with E-state index in [0.29, 0.717) is 29.6 Å². The zero-order valence-corrected chi connectivity index (χ0v) is 21.0. The van der Waals surface area contributed by atoms with Gasteiger partial charge < -0.3 is 14.4 Å². The molecule has 1 aliphatic heterocycles. The molecule has 0 aliphatic carbocycles. The minimum Gasteiger partial charge on any atom is -0.489 e. The molecule has 5 rings (SSSR count). The van der Waals surface area contributed by atoms with Crippen molar-refractivity contribution in [3.8, 4) is 5.75 Å². The number of aliphatic carboxylic acids is 1. The topological polar surface area (TPSA) is 88.8 Å². The molecule has 1 aliphatic rings. The first kappa shape index (κ1) is 24.7. The molecular formula is C28H21ClN2O5S. The highest BCUT2D eigenvalue weighted by atomic mass is 35.5. The molecule has 1 N–H and O–H groups in total.